The molecule has 0 spiro atoms. The number of likely N-dealkylation sites (tertiary alicyclic amines) is 1. The largest absolute Gasteiger partial charge is 0.480 e. The molecule has 1 amide bonds. The molecule has 102 valence electrons. The molecule has 0 aliphatic carbocycles. The molecule has 0 radical (unpaired) electrons. The average Bonchev–Trinajstić information content (AvgIpc) is 2.95. The smallest absolute Gasteiger partial charge is 0.326 e. The van der Waals surface area contributed by atoms with Crippen LogP contribution in [0.2, 0.25) is 0 Å². The molecule has 1 N–H and O–H groups in total. The van der Waals surface area contributed by atoms with Gasteiger partial charge in [0.15, 0.2) is 0 Å². The monoisotopic (exact) mass is 271 g/mol. The number of hydrogen-bond donors (Lipinski definition) is 1. The second kappa shape index (κ2) is 4.88. The Labute approximate surface area is 115 Å². The summed E-state index contributed by atoms with van der Waals surface area (Å²) in [4.78, 5) is 33.5. The van der Waals surface area contributed by atoms with Crippen LogP contribution < -0.4 is 0 Å². The number of rotatable bonds is 2. The molecule has 1 aliphatic heterocycles. The first-order valence-corrected chi connectivity index (χ1v) is 6.42. The number of benzene rings is 1. The van der Waals surface area contributed by atoms with Crippen LogP contribution in [0.1, 0.15) is 23.2 Å². The van der Waals surface area contributed by atoms with Gasteiger partial charge in [0.1, 0.15) is 11.6 Å². The number of carbonyl (C=O) groups excluding carboxylic acids is 1. The Kier molecular flexibility index (Phi) is 3.06. The summed E-state index contributed by atoms with van der Waals surface area (Å²) in [6.07, 6.45) is 4.29. The highest BCUT2D eigenvalue weighted by molar-refractivity contribution is 6.05. The van der Waals surface area contributed by atoms with Crippen LogP contribution in [0.3, 0.4) is 0 Å². The minimum Gasteiger partial charge on any atom is -0.480 e. The van der Waals surface area contributed by atoms with E-state index in [-0.39, 0.29) is 5.91 Å². The van der Waals surface area contributed by atoms with Gasteiger partial charge in [-0.05, 0) is 25.0 Å². The molecule has 1 aromatic carbocycles. The quantitative estimate of drug-likeness (QED) is 0.890. The molecule has 1 saturated heterocycles. The summed E-state index contributed by atoms with van der Waals surface area (Å²) in [5.74, 6) is -1.25. The van der Waals surface area contributed by atoms with E-state index in [2.05, 4.69) is 9.97 Å². The van der Waals surface area contributed by atoms with E-state index in [0.717, 1.165) is 0 Å². The molecule has 3 rings (SSSR count). The van der Waals surface area contributed by atoms with E-state index >= 15 is 0 Å². The van der Waals surface area contributed by atoms with Gasteiger partial charge in [0.05, 0.1) is 11.1 Å². The summed E-state index contributed by atoms with van der Waals surface area (Å²) in [7, 11) is 0. The van der Waals surface area contributed by atoms with Gasteiger partial charge in [0, 0.05) is 18.9 Å². The highest BCUT2D eigenvalue weighted by Gasteiger charge is 2.35. The molecule has 2 heterocycles. The standard InChI is InChI=1S/C14H13N3O3/c18-13(17-8-2-5-11(17)14(19)20)9-3-1-4-10-12(9)16-7-6-15-10/h1,3-4,6-7,11H,2,5,8H2,(H,19,20)/t11-/m0/s1. The molecule has 1 fully saturated rings. The molecule has 2 aromatic rings. The van der Waals surface area contributed by atoms with Gasteiger partial charge in [0.2, 0.25) is 0 Å². The van der Waals surface area contributed by atoms with Gasteiger partial charge in [-0.3, -0.25) is 14.8 Å². The lowest BCUT2D eigenvalue weighted by atomic mass is 10.1. The minimum atomic E-state index is -0.956. The zero-order valence-electron chi connectivity index (χ0n) is 10.7. The fraction of sp³-hybridized carbons (Fsp3) is 0.286. The van der Waals surface area contributed by atoms with Crippen molar-refractivity contribution in [2.75, 3.05) is 6.54 Å². The number of nitrogens with zero attached hydrogens (tertiary/aromatic N) is 3. The molecule has 1 aliphatic rings. The number of carboxylic acids is 1. The minimum absolute atomic E-state index is 0.291. The number of aliphatic carboxylic acids is 1. The number of aromatic nitrogens is 2. The first-order chi connectivity index (χ1) is 9.68. The summed E-state index contributed by atoms with van der Waals surface area (Å²) < 4.78 is 0. The van der Waals surface area contributed by atoms with E-state index < -0.39 is 12.0 Å². The third-order valence-corrected chi connectivity index (χ3v) is 3.53. The van der Waals surface area contributed by atoms with Crippen molar-refractivity contribution < 1.29 is 14.7 Å². The fourth-order valence-electron chi connectivity index (χ4n) is 2.59. The lowest BCUT2D eigenvalue weighted by molar-refractivity contribution is -0.141. The number of amides is 1. The highest BCUT2D eigenvalue weighted by Crippen LogP contribution is 2.23. The van der Waals surface area contributed by atoms with Crippen molar-refractivity contribution in [3.8, 4) is 0 Å². The van der Waals surface area contributed by atoms with E-state index in [0.29, 0.717) is 36.0 Å². The predicted molar refractivity (Wildman–Crippen MR) is 71.2 cm³/mol. The zero-order chi connectivity index (χ0) is 14.1. The molecule has 1 atom stereocenters. The maximum absolute atomic E-state index is 12.6. The van der Waals surface area contributed by atoms with E-state index in [9.17, 15) is 14.7 Å². The average molecular weight is 271 g/mol. The lowest BCUT2D eigenvalue weighted by Crippen LogP contribution is -2.40. The topological polar surface area (TPSA) is 83.4 Å². The molecule has 20 heavy (non-hydrogen) atoms. The molecular weight excluding hydrogens is 258 g/mol. The molecule has 0 unspecified atom stereocenters. The van der Waals surface area contributed by atoms with Gasteiger partial charge in [-0.25, -0.2) is 4.79 Å². The van der Waals surface area contributed by atoms with Crippen LogP contribution in [0.4, 0.5) is 0 Å². The molecule has 1 aromatic heterocycles. The van der Waals surface area contributed by atoms with E-state index in [4.69, 9.17) is 0 Å². The molecule has 6 nitrogen and oxygen atoms in total. The maximum Gasteiger partial charge on any atom is 0.326 e. The number of fused-ring (bicyclic) bond motifs is 1. The number of carbonyl (C=O) groups is 2. The van der Waals surface area contributed by atoms with Crippen LogP contribution in [-0.2, 0) is 4.79 Å². The van der Waals surface area contributed by atoms with E-state index in [1.54, 1.807) is 24.4 Å². The van der Waals surface area contributed by atoms with Crippen molar-refractivity contribution in [1.82, 2.24) is 14.9 Å². The van der Waals surface area contributed by atoms with Gasteiger partial charge < -0.3 is 10.0 Å². The number of para-hydroxylation sites is 1. The van der Waals surface area contributed by atoms with Gasteiger partial charge in [-0.1, -0.05) is 6.07 Å². The zero-order valence-corrected chi connectivity index (χ0v) is 10.7. The Morgan fingerprint density at radius 2 is 2.05 bits per heavy atom. The van der Waals surface area contributed by atoms with Crippen molar-refractivity contribution >= 4 is 22.9 Å². The predicted octanol–water partition coefficient (Wildman–Crippen LogP) is 1.32. The Morgan fingerprint density at radius 1 is 1.25 bits per heavy atom. The van der Waals surface area contributed by atoms with Crippen molar-refractivity contribution in [1.29, 1.82) is 0 Å². The highest BCUT2D eigenvalue weighted by atomic mass is 16.4. The number of hydrogen-bond acceptors (Lipinski definition) is 4. The van der Waals surface area contributed by atoms with Gasteiger partial charge >= 0.3 is 5.97 Å². The molecular formula is C14H13N3O3. The van der Waals surface area contributed by atoms with Crippen molar-refractivity contribution in [3.63, 3.8) is 0 Å². The Morgan fingerprint density at radius 3 is 2.85 bits per heavy atom. The molecule has 6 heteroatoms. The summed E-state index contributed by atoms with van der Waals surface area (Å²) >= 11 is 0. The second-order valence-electron chi connectivity index (χ2n) is 4.72. The van der Waals surface area contributed by atoms with Crippen LogP contribution in [0, 0.1) is 0 Å². The van der Waals surface area contributed by atoms with E-state index in [1.807, 2.05) is 0 Å². The Balaban J connectivity index is 2.03. The third-order valence-electron chi connectivity index (χ3n) is 3.53. The first kappa shape index (κ1) is 12.5. The van der Waals surface area contributed by atoms with Crippen LogP contribution in [-0.4, -0.2) is 44.4 Å². The Bertz CT molecular complexity index is 681. The van der Waals surface area contributed by atoms with Crippen molar-refractivity contribution in [3.05, 3.63) is 36.2 Å². The third kappa shape index (κ3) is 1.99. The Hall–Kier alpha value is -2.50. The molecule has 0 saturated carbocycles. The summed E-state index contributed by atoms with van der Waals surface area (Å²) in [5, 5.41) is 9.17. The maximum atomic E-state index is 12.6. The lowest BCUT2D eigenvalue weighted by Gasteiger charge is -2.21. The van der Waals surface area contributed by atoms with Crippen molar-refractivity contribution in [2.24, 2.45) is 0 Å². The van der Waals surface area contributed by atoms with Gasteiger partial charge in [0.25, 0.3) is 5.91 Å². The summed E-state index contributed by atoms with van der Waals surface area (Å²) in [6, 6.07) is 4.43. The summed E-state index contributed by atoms with van der Waals surface area (Å²) in [6.45, 7) is 0.465. The van der Waals surface area contributed by atoms with E-state index in [1.165, 1.54) is 11.1 Å². The SMILES string of the molecule is O=C(O)[C@@H]1CCCN1C(=O)c1cccc2nccnc12. The second-order valence-corrected chi connectivity index (χ2v) is 4.72. The van der Waals surface area contributed by atoms with Crippen molar-refractivity contribution in [2.45, 2.75) is 18.9 Å². The van der Waals surface area contributed by atoms with Gasteiger partial charge in [-0.15, -0.1) is 0 Å². The van der Waals surface area contributed by atoms with Crippen LogP contribution in [0.15, 0.2) is 30.6 Å². The summed E-state index contributed by atoms with van der Waals surface area (Å²) in [5.41, 5.74) is 1.55. The first-order valence-electron chi connectivity index (χ1n) is 6.42. The molecule has 0 bridgehead atoms. The van der Waals surface area contributed by atoms with Crippen LogP contribution in [0.25, 0.3) is 11.0 Å². The van der Waals surface area contributed by atoms with Gasteiger partial charge in [-0.2, -0.15) is 0 Å². The number of carboxylic acid groups (broad SMARTS) is 1. The van der Waals surface area contributed by atoms with Crippen LogP contribution in [0.5, 0.6) is 0 Å². The van der Waals surface area contributed by atoms with Crippen LogP contribution >= 0.6 is 0 Å². The fourth-order valence-corrected chi connectivity index (χ4v) is 2.59. The normalized spacial score (nSPS) is 18.4.